The molecule has 0 radical (unpaired) electrons. The fourth-order valence-electron chi connectivity index (χ4n) is 5.20. The monoisotopic (exact) mass is 699 g/mol. The van der Waals surface area contributed by atoms with Crippen molar-refractivity contribution >= 4 is 17.9 Å². The van der Waals surface area contributed by atoms with Gasteiger partial charge in [0.1, 0.15) is 13.2 Å². The molecule has 0 aromatic carbocycles. The highest BCUT2D eigenvalue weighted by molar-refractivity contribution is 5.71. The molecule has 0 aliphatic heterocycles. The number of carbonyl (C=O) groups excluding carboxylic acids is 3. The molecule has 0 saturated heterocycles. The molecule has 0 aromatic rings. The van der Waals surface area contributed by atoms with E-state index in [1.54, 1.807) is 0 Å². The SMILES string of the molecule is CC/C=C\C/C=C\C/C=C\C/C=C\CCCCC(=O)OCC(COC(=O)CCCCCCCCC)OC(=O)CCCCCCC/C=C\CCC. The number of hydrogen-bond donors (Lipinski definition) is 0. The highest BCUT2D eigenvalue weighted by atomic mass is 16.6. The second-order valence-electron chi connectivity index (χ2n) is 13.2. The highest BCUT2D eigenvalue weighted by Gasteiger charge is 2.19. The molecule has 6 heteroatoms. The van der Waals surface area contributed by atoms with Gasteiger partial charge in [0.2, 0.25) is 0 Å². The number of allylic oxidation sites excluding steroid dienone is 10. The summed E-state index contributed by atoms with van der Waals surface area (Å²) in [4.78, 5) is 37.4. The minimum Gasteiger partial charge on any atom is -0.462 e. The Kier molecular flexibility index (Phi) is 36.7. The molecule has 0 N–H and O–H groups in total. The van der Waals surface area contributed by atoms with Crippen LogP contribution in [0.3, 0.4) is 0 Å². The number of rotatable bonds is 35. The standard InChI is InChI=1S/C44H74O6/c1-4-7-10-13-16-18-20-21-22-23-24-26-28-31-34-37-43(46)49-40-41(39-48-42(45)36-33-30-27-15-12-9-6-3)50-44(47)38-35-32-29-25-19-17-14-11-8-5-2/h7,10-11,14,16,18,21-22,24,26,41H,4-6,8-9,12-13,15,17,19-20,23,25,27-40H2,1-3H3/b10-7-,14-11-,18-16-,22-21-,26-24-. The van der Waals surface area contributed by atoms with Crippen molar-refractivity contribution in [2.75, 3.05) is 13.2 Å². The van der Waals surface area contributed by atoms with E-state index in [1.165, 1.54) is 38.5 Å². The van der Waals surface area contributed by atoms with Crippen molar-refractivity contribution in [2.24, 2.45) is 0 Å². The van der Waals surface area contributed by atoms with Gasteiger partial charge < -0.3 is 14.2 Å². The fourth-order valence-corrected chi connectivity index (χ4v) is 5.20. The van der Waals surface area contributed by atoms with Gasteiger partial charge in [-0.25, -0.2) is 0 Å². The minimum atomic E-state index is -0.788. The van der Waals surface area contributed by atoms with Crippen LogP contribution in [0.25, 0.3) is 0 Å². The summed E-state index contributed by atoms with van der Waals surface area (Å²) in [6.07, 6.45) is 45.0. The largest absolute Gasteiger partial charge is 0.462 e. The number of carbonyl (C=O) groups is 3. The van der Waals surface area contributed by atoms with Crippen molar-refractivity contribution in [3.8, 4) is 0 Å². The van der Waals surface area contributed by atoms with Gasteiger partial charge in [-0.3, -0.25) is 14.4 Å². The molecule has 0 aliphatic rings. The predicted molar refractivity (Wildman–Crippen MR) is 210 cm³/mol. The molecular formula is C44H74O6. The van der Waals surface area contributed by atoms with Gasteiger partial charge in [0, 0.05) is 19.3 Å². The Morgan fingerprint density at radius 2 is 0.820 bits per heavy atom. The molecule has 0 fully saturated rings. The molecule has 1 unspecified atom stereocenters. The zero-order valence-electron chi connectivity index (χ0n) is 32.4. The topological polar surface area (TPSA) is 78.9 Å². The first-order valence-corrected chi connectivity index (χ1v) is 20.3. The third kappa shape index (κ3) is 36.4. The maximum atomic E-state index is 12.6. The molecule has 0 spiro atoms. The van der Waals surface area contributed by atoms with Crippen LogP contribution in [-0.4, -0.2) is 37.2 Å². The maximum Gasteiger partial charge on any atom is 0.306 e. The molecule has 0 rings (SSSR count). The van der Waals surface area contributed by atoms with Crippen LogP contribution in [0.5, 0.6) is 0 Å². The third-order valence-corrected chi connectivity index (χ3v) is 8.24. The van der Waals surface area contributed by atoms with Crippen LogP contribution < -0.4 is 0 Å². The average molecular weight is 699 g/mol. The van der Waals surface area contributed by atoms with Crippen LogP contribution in [0.15, 0.2) is 60.8 Å². The number of hydrogen-bond acceptors (Lipinski definition) is 6. The molecule has 0 amide bonds. The Morgan fingerprint density at radius 3 is 1.36 bits per heavy atom. The quantitative estimate of drug-likeness (QED) is 0.0284. The summed E-state index contributed by atoms with van der Waals surface area (Å²) in [5.74, 6) is -0.962. The van der Waals surface area contributed by atoms with Gasteiger partial charge in [0.25, 0.3) is 0 Å². The van der Waals surface area contributed by atoms with Crippen molar-refractivity contribution < 1.29 is 28.6 Å². The van der Waals surface area contributed by atoms with Gasteiger partial charge in [-0.05, 0) is 77.0 Å². The number of esters is 3. The van der Waals surface area contributed by atoms with Gasteiger partial charge in [0.15, 0.2) is 6.10 Å². The smallest absolute Gasteiger partial charge is 0.306 e. The van der Waals surface area contributed by atoms with Crippen molar-refractivity contribution in [2.45, 2.75) is 187 Å². The van der Waals surface area contributed by atoms with Gasteiger partial charge in [-0.2, -0.15) is 0 Å². The van der Waals surface area contributed by atoms with Crippen LogP contribution in [-0.2, 0) is 28.6 Å². The van der Waals surface area contributed by atoms with Gasteiger partial charge in [0.05, 0.1) is 0 Å². The second-order valence-corrected chi connectivity index (χ2v) is 13.2. The summed E-state index contributed by atoms with van der Waals surface area (Å²) in [6, 6.07) is 0. The van der Waals surface area contributed by atoms with E-state index in [4.69, 9.17) is 14.2 Å². The summed E-state index contributed by atoms with van der Waals surface area (Å²) in [7, 11) is 0. The highest BCUT2D eigenvalue weighted by Crippen LogP contribution is 2.12. The van der Waals surface area contributed by atoms with E-state index in [0.717, 1.165) is 103 Å². The first-order chi connectivity index (χ1) is 24.5. The summed E-state index contributed by atoms with van der Waals surface area (Å²) in [6.45, 7) is 6.34. The molecule has 0 aliphatic carbocycles. The lowest BCUT2D eigenvalue weighted by Gasteiger charge is -2.18. The van der Waals surface area contributed by atoms with Crippen LogP contribution in [0, 0.1) is 0 Å². The normalized spacial score (nSPS) is 12.6. The molecule has 6 nitrogen and oxygen atoms in total. The van der Waals surface area contributed by atoms with Crippen molar-refractivity contribution in [1.82, 2.24) is 0 Å². The summed E-state index contributed by atoms with van der Waals surface area (Å²) in [5.41, 5.74) is 0. The second kappa shape index (κ2) is 38.9. The molecule has 0 saturated carbocycles. The van der Waals surface area contributed by atoms with Crippen molar-refractivity contribution in [3.05, 3.63) is 60.8 Å². The van der Waals surface area contributed by atoms with E-state index >= 15 is 0 Å². The van der Waals surface area contributed by atoms with Crippen LogP contribution >= 0.6 is 0 Å². The molecule has 0 heterocycles. The van der Waals surface area contributed by atoms with Crippen molar-refractivity contribution in [3.63, 3.8) is 0 Å². The maximum absolute atomic E-state index is 12.6. The van der Waals surface area contributed by atoms with Crippen LogP contribution in [0.2, 0.25) is 0 Å². The first-order valence-electron chi connectivity index (χ1n) is 20.3. The minimum absolute atomic E-state index is 0.0915. The lowest BCUT2D eigenvalue weighted by molar-refractivity contribution is -0.167. The zero-order chi connectivity index (χ0) is 36.6. The molecule has 0 aromatic heterocycles. The summed E-state index contributed by atoms with van der Waals surface area (Å²) in [5, 5.41) is 0. The van der Waals surface area contributed by atoms with Gasteiger partial charge >= 0.3 is 17.9 Å². The number of ether oxygens (including phenoxy) is 3. The van der Waals surface area contributed by atoms with E-state index in [9.17, 15) is 14.4 Å². The first kappa shape index (κ1) is 47.1. The van der Waals surface area contributed by atoms with E-state index in [-0.39, 0.29) is 31.1 Å². The van der Waals surface area contributed by atoms with E-state index < -0.39 is 6.10 Å². The number of unbranched alkanes of at least 4 members (excludes halogenated alkanes) is 14. The van der Waals surface area contributed by atoms with Crippen LogP contribution in [0.4, 0.5) is 0 Å². The molecule has 1 atom stereocenters. The molecule has 286 valence electrons. The lowest BCUT2D eigenvalue weighted by Crippen LogP contribution is -2.30. The summed E-state index contributed by atoms with van der Waals surface area (Å²) < 4.78 is 16.5. The molecule has 0 bridgehead atoms. The van der Waals surface area contributed by atoms with Gasteiger partial charge in [-0.1, -0.05) is 146 Å². The Hall–Kier alpha value is -2.89. The van der Waals surface area contributed by atoms with E-state index in [1.807, 2.05) is 0 Å². The van der Waals surface area contributed by atoms with E-state index in [2.05, 4.69) is 81.5 Å². The summed E-state index contributed by atoms with van der Waals surface area (Å²) >= 11 is 0. The zero-order valence-corrected chi connectivity index (χ0v) is 32.4. The van der Waals surface area contributed by atoms with Gasteiger partial charge in [-0.15, -0.1) is 0 Å². The molecular weight excluding hydrogens is 624 g/mol. The Balaban J connectivity index is 4.42. The Bertz CT molecular complexity index is 944. The van der Waals surface area contributed by atoms with Crippen molar-refractivity contribution in [1.29, 1.82) is 0 Å². The lowest BCUT2D eigenvalue weighted by atomic mass is 10.1. The molecule has 50 heavy (non-hydrogen) atoms. The predicted octanol–water partition coefficient (Wildman–Crippen LogP) is 12.6. The fraction of sp³-hybridized carbons (Fsp3) is 0.705. The van der Waals surface area contributed by atoms with Crippen LogP contribution in [0.1, 0.15) is 181 Å². The van der Waals surface area contributed by atoms with E-state index in [0.29, 0.717) is 19.3 Å². The average Bonchev–Trinajstić information content (AvgIpc) is 3.11. The Morgan fingerprint density at radius 1 is 0.420 bits per heavy atom. The Labute approximate surface area is 307 Å². The third-order valence-electron chi connectivity index (χ3n) is 8.24.